The predicted molar refractivity (Wildman–Crippen MR) is 148 cm³/mol. The fraction of sp³-hybridized carbons (Fsp3) is 0.643. The summed E-state index contributed by atoms with van der Waals surface area (Å²) < 4.78 is 75.3. The summed E-state index contributed by atoms with van der Waals surface area (Å²) in [6.07, 6.45) is -5.70. The first-order chi connectivity index (χ1) is 20.7. The summed E-state index contributed by atoms with van der Waals surface area (Å²) in [6.45, 7) is 8.26. The average Bonchev–Trinajstić information content (AvgIpc) is 3.65. The number of phosphoric ester groups is 1. The number of nitrogens with one attached hydrogen (secondary N) is 1. The van der Waals surface area contributed by atoms with Crippen LogP contribution in [0.15, 0.2) is 40.1 Å². The highest BCUT2D eigenvalue weighted by Gasteiger charge is 2.63. The van der Waals surface area contributed by atoms with Gasteiger partial charge in [0.2, 0.25) is 0 Å². The second-order valence-corrected chi connectivity index (χ2v) is 13.9. The molecule has 240 valence electrons. The van der Waals surface area contributed by atoms with E-state index in [1.54, 1.807) is 66.0 Å². The van der Waals surface area contributed by atoms with Gasteiger partial charge in [0.05, 0.1) is 13.7 Å². The first-order valence-electron chi connectivity index (χ1n) is 14.3. The van der Waals surface area contributed by atoms with Crippen LogP contribution in [0, 0.1) is 6.92 Å². The highest BCUT2D eigenvalue weighted by Crippen LogP contribution is 2.63. The van der Waals surface area contributed by atoms with Crippen molar-refractivity contribution in [2.45, 2.75) is 101 Å². The third-order valence-electron chi connectivity index (χ3n) is 8.21. The lowest BCUT2D eigenvalue weighted by Crippen LogP contribution is -2.43. The Morgan fingerprint density at radius 2 is 1.57 bits per heavy atom. The zero-order valence-electron chi connectivity index (χ0n) is 25.0. The van der Waals surface area contributed by atoms with Gasteiger partial charge in [-0.15, -0.1) is 0 Å². The summed E-state index contributed by atoms with van der Waals surface area (Å²) >= 11 is 0. The number of hydrogen-bond donors (Lipinski definition) is 1. The van der Waals surface area contributed by atoms with E-state index >= 15 is 0 Å². The normalized spacial score (nSPS) is 40.0. The lowest BCUT2D eigenvalue weighted by molar-refractivity contribution is -0.232. The average molecular weight is 639 g/mol. The molecule has 0 spiro atoms. The van der Waals surface area contributed by atoms with Crippen molar-refractivity contribution in [3.05, 3.63) is 62.4 Å². The molecule has 0 saturated carbocycles. The maximum absolute atomic E-state index is 14.2. The Labute approximate surface area is 252 Å². The molecule has 2 aromatic rings. The number of rotatable bonds is 6. The molecule has 44 heavy (non-hydrogen) atoms. The largest absolute Gasteiger partial charge is 0.497 e. The van der Waals surface area contributed by atoms with Crippen LogP contribution in [0.4, 0.5) is 0 Å². The Bertz CT molecular complexity index is 1590. The van der Waals surface area contributed by atoms with E-state index in [0.29, 0.717) is 16.9 Å². The molecule has 0 bridgehead atoms. The van der Waals surface area contributed by atoms with Gasteiger partial charge in [-0.2, -0.15) is 0 Å². The third-order valence-corrected chi connectivity index (χ3v) is 9.66. The van der Waals surface area contributed by atoms with Crippen LogP contribution in [0.5, 0.6) is 5.75 Å². The Balaban J connectivity index is 1.15. The molecule has 6 heterocycles. The van der Waals surface area contributed by atoms with E-state index in [4.69, 9.17) is 46.7 Å². The van der Waals surface area contributed by atoms with Crippen LogP contribution in [-0.2, 0) is 46.6 Å². The van der Waals surface area contributed by atoms with E-state index in [1.165, 1.54) is 10.8 Å². The number of phosphoric acid groups is 1. The van der Waals surface area contributed by atoms with Gasteiger partial charge < -0.3 is 33.2 Å². The van der Waals surface area contributed by atoms with Gasteiger partial charge in [0, 0.05) is 11.8 Å². The van der Waals surface area contributed by atoms with Gasteiger partial charge in [-0.1, -0.05) is 12.1 Å². The molecule has 5 aliphatic heterocycles. The van der Waals surface area contributed by atoms with Crippen molar-refractivity contribution in [2.75, 3.05) is 13.7 Å². The van der Waals surface area contributed by atoms with Crippen LogP contribution in [-0.4, -0.2) is 77.8 Å². The molecule has 0 aliphatic carbocycles. The van der Waals surface area contributed by atoms with E-state index in [2.05, 4.69) is 4.98 Å². The SMILES string of the molecule is COc1ccc([C@H]2O[P@@](=O)(OC[C@H]3O[C@@H](n4cc(C)c(=O)[nH]c4=O)[C@@H]4OC(C)(C)O[C@@H]43)O[C@@H]3[C@H]4OC(C)(C)O[C@H]4O[C@@H]32)cc1. The van der Waals surface area contributed by atoms with Crippen molar-refractivity contribution in [1.82, 2.24) is 9.55 Å². The Morgan fingerprint density at radius 1 is 0.886 bits per heavy atom. The fourth-order valence-corrected chi connectivity index (χ4v) is 7.86. The van der Waals surface area contributed by atoms with Crippen molar-refractivity contribution in [1.29, 1.82) is 0 Å². The lowest BCUT2D eigenvalue weighted by atomic mass is 9.99. The van der Waals surface area contributed by atoms with E-state index < -0.39 is 85.9 Å². The molecular weight excluding hydrogens is 603 g/mol. The topological polar surface area (TPSA) is 164 Å². The van der Waals surface area contributed by atoms with Gasteiger partial charge in [-0.05, 0) is 52.3 Å². The van der Waals surface area contributed by atoms with E-state index in [1.807, 2.05) is 0 Å². The summed E-state index contributed by atoms with van der Waals surface area (Å²) in [4.78, 5) is 27.0. The molecule has 1 aromatic heterocycles. The molecule has 15 nitrogen and oxygen atoms in total. The number of aromatic nitrogens is 2. The molecule has 10 atom stereocenters. The van der Waals surface area contributed by atoms with Crippen LogP contribution in [0.1, 0.15) is 51.2 Å². The molecule has 5 saturated heterocycles. The molecule has 5 aliphatic rings. The van der Waals surface area contributed by atoms with Crippen molar-refractivity contribution in [2.24, 2.45) is 0 Å². The molecule has 16 heteroatoms. The molecule has 5 fully saturated rings. The summed E-state index contributed by atoms with van der Waals surface area (Å²) in [7, 11) is -2.73. The molecular formula is C28H35N2O13P. The zero-order chi connectivity index (χ0) is 31.2. The van der Waals surface area contributed by atoms with Gasteiger partial charge in [-0.3, -0.25) is 27.9 Å². The van der Waals surface area contributed by atoms with E-state index in [0.717, 1.165) is 0 Å². The van der Waals surface area contributed by atoms with E-state index in [-0.39, 0.29) is 6.61 Å². The van der Waals surface area contributed by atoms with Gasteiger partial charge in [0.1, 0.15) is 48.5 Å². The Kier molecular flexibility index (Phi) is 7.25. The summed E-state index contributed by atoms with van der Waals surface area (Å²) in [5.74, 6) is -1.31. The standard InChI is InChI=1S/C28H35N2O13P/c1-13-11-30(26(32)29-23(13)31)24-21-18(38-27(2,3)39-21)16(36-24)12-35-44(33)42-17(14-7-9-15(34-6)10-8-14)19-20(43-44)22-25(37-19)41-28(4,5)40-22/h7-11,16-22,24-25H,12H2,1-6H3,(H,29,31,32)/t16-,17-,18-,19-,20+,21-,22-,24-,25-,44-/m1/s1. The number of nitrogens with zero attached hydrogens (tertiary/aromatic N) is 1. The van der Waals surface area contributed by atoms with Crippen molar-refractivity contribution >= 4 is 7.82 Å². The predicted octanol–water partition coefficient (Wildman–Crippen LogP) is 2.43. The summed E-state index contributed by atoms with van der Waals surface area (Å²) in [5, 5.41) is 0. The quantitative estimate of drug-likeness (QED) is 0.459. The molecule has 7 rings (SSSR count). The fourth-order valence-electron chi connectivity index (χ4n) is 6.30. The molecule has 1 aromatic carbocycles. The highest BCUT2D eigenvalue weighted by atomic mass is 31.2. The van der Waals surface area contributed by atoms with Gasteiger partial charge in [-0.25, -0.2) is 9.36 Å². The molecule has 0 unspecified atom stereocenters. The Morgan fingerprint density at radius 3 is 2.30 bits per heavy atom. The van der Waals surface area contributed by atoms with Crippen LogP contribution >= 0.6 is 7.82 Å². The second kappa shape index (κ2) is 10.6. The molecule has 1 N–H and O–H groups in total. The van der Waals surface area contributed by atoms with Crippen LogP contribution in [0.25, 0.3) is 0 Å². The van der Waals surface area contributed by atoms with Gasteiger partial charge in [0.25, 0.3) is 5.56 Å². The van der Waals surface area contributed by atoms with Crippen LogP contribution < -0.4 is 16.0 Å². The lowest BCUT2D eigenvalue weighted by Gasteiger charge is -2.38. The Hall–Kier alpha value is -2.43. The first-order valence-corrected chi connectivity index (χ1v) is 15.8. The minimum absolute atomic E-state index is 0.296. The maximum atomic E-state index is 14.2. The monoisotopic (exact) mass is 638 g/mol. The summed E-state index contributed by atoms with van der Waals surface area (Å²) in [5.41, 5.74) is -0.200. The van der Waals surface area contributed by atoms with Crippen molar-refractivity contribution in [3.8, 4) is 5.75 Å². The number of ether oxygens (including phenoxy) is 7. The third kappa shape index (κ3) is 5.28. The van der Waals surface area contributed by atoms with Crippen molar-refractivity contribution in [3.63, 3.8) is 0 Å². The van der Waals surface area contributed by atoms with Crippen LogP contribution in [0.2, 0.25) is 0 Å². The number of H-pyrrole nitrogens is 1. The molecule has 0 amide bonds. The highest BCUT2D eigenvalue weighted by molar-refractivity contribution is 7.48. The minimum Gasteiger partial charge on any atom is -0.497 e. The molecule has 0 radical (unpaired) electrons. The number of methoxy groups -OCH3 is 1. The number of hydrogen-bond acceptors (Lipinski definition) is 13. The maximum Gasteiger partial charge on any atom is 0.476 e. The van der Waals surface area contributed by atoms with Gasteiger partial charge in [0.15, 0.2) is 24.1 Å². The van der Waals surface area contributed by atoms with Crippen LogP contribution in [0.3, 0.4) is 0 Å². The van der Waals surface area contributed by atoms with Gasteiger partial charge >= 0.3 is 13.5 Å². The van der Waals surface area contributed by atoms with E-state index in [9.17, 15) is 14.2 Å². The van der Waals surface area contributed by atoms with Crippen molar-refractivity contribution < 1.29 is 51.3 Å². The number of fused-ring (bicyclic) bond motifs is 4. The first kappa shape index (κ1) is 30.2. The number of aryl methyl sites for hydroxylation is 1. The number of benzene rings is 1. The number of aromatic amines is 1. The smallest absolute Gasteiger partial charge is 0.476 e. The zero-order valence-corrected chi connectivity index (χ0v) is 25.9. The minimum atomic E-state index is -4.29. The summed E-state index contributed by atoms with van der Waals surface area (Å²) in [6, 6.07) is 7.08. The second-order valence-electron chi connectivity index (χ2n) is 12.3.